The molecule has 0 amide bonds. The third-order valence-electron chi connectivity index (χ3n) is 3.75. The van der Waals surface area contributed by atoms with Crippen LogP contribution in [0.15, 0.2) is 76.7 Å². The Morgan fingerprint density at radius 3 is 2.38 bits per heavy atom. The van der Waals surface area contributed by atoms with Gasteiger partial charge in [-0.2, -0.15) is 13.5 Å². The van der Waals surface area contributed by atoms with Crippen molar-refractivity contribution in [2.45, 2.75) is 4.90 Å². The van der Waals surface area contributed by atoms with E-state index in [0.717, 1.165) is 10.8 Å². The number of carbonyl (C=O) groups excluding carboxylic acids is 1. The van der Waals surface area contributed by atoms with Crippen molar-refractivity contribution in [3.05, 3.63) is 77.9 Å². The van der Waals surface area contributed by atoms with Gasteiger partial charge in [0.25, 0.3) is 10.0 Å². The summed E-state index contributed by atoms with van der Waals surface area (Å²) in [5, 5.41) is 5.58. The van der Waals surface area contributed by atoms with Crippen molar-refractivity contribution in [2.75, 3.05) is 7.11 Å². The van der Waals surface area contributed by atoms with E-state index in [0.29, 0.717) is 11.1 Å². The normalized spacial score (nSPS) is 11.6. The maximum atomic E-state index is 12.4. The van der Waals surface area contributed by atoms with E-state index in [1.165, 1.54) is 19.4 Å². The number of hydrogen-bond donors (Lipinski definition) is 1. The molecule has 0 fully saturated rings. The molecule has 26 heavy (non-hydrogen) atoms. The first-order valence-corrected chi connectivity index (χ1v) is 9.20. The number of hydrazone groups is 1. The third kappa shape index (κ3) is 3.89. The van der Waals surface area contributed by atoms with Crippen LogP contribution >= 0.6 is 0 Å². The van der Waals surface area contributed by atoms with Crippen LogP contribution < -0.4 is 4.83 Å². The standard InChI is InChI=1S/C19H16N2O4S/c1-25-19(22)16-8-6-14(7-9-16)13-20-21-26(23,24)18-11-10-15-4-2-3-5-17(15)12-18/h2-13,21H,1H3/b20-13+. The molecule has 0 radical (unpaired) electrons. The highest BCUT2D eigenvalue weighted by Gasteiger charge is 2.13. The zero-order valence-corrected chi connectivity index (χ0v) is 14.7. The van der Waals surface area contributed by atoms with Gasteiger partial charge in [-0.1, -0.05) is 42.5 Å². The molecule has 132 valence electrons. The molecule has 6 nitrogen and oxygen atoms in total. The molecule has 3 rings (SSSR count). The number of carbonyl (C=O) groups is 1. The van der Waals surface area contributed by atoms with Gasteiger partial charge in [-0.25, -0.2) is 9.63 Å². The van der Waals surface area contributed by atoms with Crippen LogP contribution in [0, 0.1) is 0 Å². The van der Waals surface area contributed by atoms with Crippen molar-refractivity contribution >= 4 is 33.0 Å². The van der Waals surface area contributed by atoms with E-state index in [1.54, 1.807) is 36.4 Å². The van der Waals surface area contributed by atoms with Gasteiger partial charge in [0.1, 0.15) is 0 Å². The Bertz CT molecular complexity index is 1070. The van der Waals surface area contributed by atoms with Gasteiger partial charge in [0.2, 0.25) is 0 Å². The third-order valence-corrected chi connectivity index (χ3v) is 4.97. The SMILES string of the molecule is COC(=O)c1ccc(/C=N/NS(=O)(=O)c2ccc3ccccc3c2)cc1. The van der Waals surface area contributed by atoms with Gasteiger partial charge in [0.05, 0.1) is 23.8 Å². The second-order valence-corrected chi connectivity index (χ2v) is 7.14. The summed E-state index contributed by atoms with van der Waals surface area (Å²) in [5.41, 5.74) is 1.04. The molecule has 7 heteroatoms. The monoisotopic (exact) mass is 368 g/mol. The minimum absolute atomic E-state index is 0.134. The molecule has 3 aromatic carbocycles. The largest absolute Gasteiger partial charge is 0.465 e. The molecular formula is C19H16N2O4S. The minimum atomic E-state index is -3.77. The topological polar surface area (TPSA) is 84.8 Å². The summed E-state index contributed by atoms with van der Waals surface area (Å²) in [6.45, 7) is 0. The summed E-state index contributed by atoms with van der Waals surface area (Å²) in [5.74, 6) is -0.439. The number of rotatable bonds is 5. The van der Waals surface area contributed by atoms with Gasteiger partial charge in [0, 0.05) is 0 Å². The first-order valence-electron chi connectivity index (χ1n) is 7.72. The molecule has 0 bridgehead atoms. The van der Waals surface area contributed by atoms with Crippen molar-refractivity contribution < 1.29 is 17.9 Å². The van der Waals surface area contributed by atoms with E-state index in [2.05, 4.69) is 14.7 Å². The molecule has 3 aromatic rings. The number of nitrogens with zero attached hydrogens (tertiary/aromatic N) is 1. The molecular weight excluding hydrogens is 352 g/mol. The van der Waals surface area contributed by atoms with Crippen molar-refractivity contribution in [1.82, 2.24) is 4.83 Å². The van der Waals surface area contributed by atoms with E-state index in [9.17, 15) is 13.2 Å². The van der Waals surface area contributed by atoms with Crippen molar-refractivity contribution in [2.24, 2.45) is 5.10 Å². The van der Waals surface area contributed by atoms with Crippen LogP contribution in [-0.4, -0.2) is 27.7 Å². The van der Waals surface area contributed by atoms with E-state index < -0.39 is 16.0 Å². The summed E-state index contributed by atoms with van der Waals surface area (Å²) in [7, 11) is -2.46. The lowest BCUT2D eigenvalue weighted by molar-refractivity contribution is 0.0600. The van der Waals surface area contributed by atoms with Gasteiger partial charge in [-0.15, -0.1) is 0 Å². The van der Waals surface area contributed by atoms with Gasteiger partial charge in [-0.05, 0) is 40.6 Å². The van der Waals surface area contributed by atoms with Crippen LogP contribution in [0.2, 0.25) is 0 Å². The lowest BCUT2D eigenvalue weighted by atomic mass is 10.1. The molecule has 0 aliphatic carbocycles. The zero-order chi connectivity index (χ0) is 18.6. The fraction of sp³-hybridized carbons (Fsp3) is 0.0526. The average Bonchev–Trinajstić information content (AvgIpc) is 2.67. The van der Waals surface area contributed by atoms with Crippen LogP contribution in [0.4, 0.5) is 0 Å². The highest BCUT2D eigenvalue weighted by Crippen LogP contribution is 2.18. The van der Waals surface area contributed by atoms with Gasteiger partial charge >= 0.3 is 5.97 Å². The number of hydrogen-bond acceptors (Lipinski definition) is 5. The molecule has 0 atom stereocenters. The molecule has 0 aromatic heterocycles. The molecule has 0 aliphatic rings. The second kappa shape index (κ2) is 7.37. The number of ether oxygens (including phenoxy) is 1. The Labute approximate surface area is 151 Å². The summed E-state index contributed by atoms with van der Waals surface area (Å²) in [6, 6.07) is 18.8. The van der Waals surface area contributed by atoms with Gasteiger partial charge in [0.15, 0.2) is 0 Å². The van der Waals surface area contributed by atoms with Crippen molar-refractivity contribution in [3.8, 4) is 0 Å². The highest BCUT2D eigenvalue weighted by atomic mass is 32.2. The Hall–Kier alpha value is -3.19. The summed E-state index contributed by atoms with van der Waals surface area (Å²) < 4.78 is 29.3. The van der Waals surface area contributed by atoms with Crippen molar-refractivity contribution in [1.29, 1.82) is 0 Å². The number of benzene rings is 3. The fourth-order valence-electron chi connectivity index (χ4n) is 2.38. The Morgan fingerprint density at radius 1 is 1.00 bits per heavy atom. The Balaban J connectivity index is 1.74. The van der Waals surface area contributed by atoms with E-state index in [4.69, 9.17) is 0 Å². The van der Waals surface area contributed by atoms with Crippen molar-refractivity contribution in [3.63, 3.8) is 0 Å². The molecule has 0 saturated heterocycles. The molecule has 0 unspecified atom stereocenters. The first-order chi connectivity index (χ1) is 12.5. The summed E-state index contributed by atoms with van der Waals surface area (Å²) in [6.07, 6.45) is 1.36. The van der Waals surface area contributed by atoms with Gasteiger partial charge < -0.3 is 4.74 Å². The van der Waals surface area contributed by atoms with Crippen LogP contribution in [0.5, 0.6) is 0 Å². The zero-order valence-electron chi connectivity index (χ0n) is 13.9. The van der Waals surface area contributed by atoms with Crippen LogP contribution in [0.25, 0.3) is 10.8 Å². The molecule has 0 heterocycles. The molecule has 0 aliphatic heterocycles. The lowest BCUT2D eigenvalue weighted by Gasteiger charge is -2.05. The predicted molar refractivity (Wildman–Crippen MR) is 99.6 cm³/mol. The Kier molecular flexibility index (Phi) is 4.99. The smallest absolute Gasteiger partial charge is 0.337 e. The quantitative estimate of drug-likeness (QED) is 0.426. The number of fused-ring (bicyclic) bond motifs is 1. The van der Waals surface area contributed by atoms with Crippen LogP contribution in [0.3, 0.4) is 0 Å². The first kappa shape index (κ1) is 17.6. The van der Waals surface area contributed by atoms with Crippen LogP contribution in [-0.2, 0) is 14.8 Å². The summed E-state index contributed by atoms with van der Waals surface area (Å²) >= 11 is 0. The molecule has 1 N–H and O–H groups in total. The highest BCUT2D eigenvalue weighted by molar-refractivity contribution is 7.89. The number of esters is 1. The molecule has 0 spiro atoms. The average molecular weight is 368 g/mol. The maximum absolute atomic E-state index is 12.4. The fourth-order valence-corrected chi connectivity index (χ4v) is 3.21. The minimum Gasteiger partial charge on any atom is -0.465 e. The van der Waals surface area contributed by atoms with E-state index >= 15 is 0 Å². The molecule has 0 saturated carbocycles. The van der Waals surface area contributed by atoms with Crippen LogP contribution in [0.1, 0.15) is 15.9 Å². The maximum Gasteiger partial charge on any atom is 0.337 e. The van der Waals surface area contributed by atoms with E-state index in [1.807, 2.05) is 24.3 Å². The number of sulfonamides is 1. The van der Waals surface area contributed by atoms with Gasteiger partial charge in [-0.3, -0.25) is 0 Å². The predicted octanol–water partition coefficient (Wildman–Crippen LogP) is 2.94. The summed E-state index contributed by atoms with van der Waals surface area (Å²) in [4.78, 5) is 13.7. The lowest BCUT2D eigenvalue weighted by Crippen LogP contribution is -2.18. The Morgan fingerprint density at radius 2 is 1.69 bits per heavy atom. The second-order valence-electron chi connectivity index (χ2n) is 5.48. The number of methoxy groups -OCH3 is 1. The van der Waals surface area contributed by atoms with E-state index in [-0.39, 0.29) is 4.90 Å². The number of nitrogens with one attached hydrogen (secondary N) is 1.